The average Bonchev–Trinajstić information content (AvgIpc) is 2.78. The Morgan fingerprint density at radius 2 is 1.88 bits per heavy atom. The Bertz CT molecular complexity index is 1250. The lowest BCUT2D eigenvalue weighted by atomic mass is 10.1. The van der Waals surface area contributed by atoms with Gasteiger partial charge in [0.1, 0.15) is 11.6 Å². The predicted molar refractivity (Wildman–Crippen MR) is 130 cm³/mol. The number of carbonyl (C=O) groups is 1. The van der Waals surface area contributed by atoms with E-state index in [0.717, 1.165) is 5.56 Å². The maximum Gasteiger partial charge on any atom is 0.330 e. The highest BCUT2D eigenvalue weighted by Gasteiger charge is 2.27. The molecule has 3 aromatic rings. The summed E-state index contributed by atoms with van der Waals surface area (Å²) in [7, 11) is 1.44. The normalized spacial score (nSPS) is 10.9. The highest BCUT2D eigenvalue weighted by atomic mass is 35.5. The minimum atomic E-state index is -0.736. The van der Waals surface area contributed by atoms with Crippen LogP contribution < -0.4 is 26.6 Å². The first-order valence-electron chi connectivity index (χ1n) is 10.5. The highest BCUT2D eigenvalue weighted by Crippen LogP contribution is 2.27. The van der Waals surface area contributed by atoms with E-state index in [9.17, 15) is 14.4 Å². The second-order valence-corrected chi connectivity index (χ2v) is 8.49. The maximum absolute atomic E-state index is 13.6. The molecule has 3 N–H and O–H groups in total. The maximum atomic E-state index is 13.6. The molecule has 174 valence electrons. The van der Waals surface area contributed by atoms with E-state index in [2.05, 4.69) is 4.98 Å². The van der Waals surface area contributed by atoms with Crippen LogP contribution in [-0.4, -0.2) is 29.1 Å². The number of amides is 1. The van der Waals surface area contributed by atoms with Gasteiger partial charge in [-0.25, -0.2) is 4.79 Å². The molecule has 1 amide bonds. The fourth-order valence-corrected chi connectivity index (χ4v) is 3.63. The number of nitrogens with two attached hydrogens (primary N) is 1. The van der Waals surface area contributed by atoms with Crippen molar-refractivity contribution in [2.45, 2.75) is 26.8 Å². The van der Waals surface area contributed by atoms with E-state index >= 15 is 0 Å². The number of hydrogen-bond acceptors (Lipinski definition) is 5. The second kappa shape index (κ2) is 10.4. The largest absolute Gasteiger partial charge is 0.496 e. The van der Waals surface area contributed by atoms with Crippen molar-refractivity contribution >= 4 is 29.0 Å². The van der Waals surface area contributed by atoms with Crippen molar-refractivity contribution in [3.8, 4) is 5.75 Å². The van der Waals surface area contributed by atoms with Gasteiger partial charge in [-0.2, -0.15) is 0 Å². The molecule has 0 radical (unpaired) electrons. The van der Waals surface area contributed by atoms with Gasteiger partial charge in [-0.15, -0.1) is 0 Å². The molecule has 9 heteroatoms. The smallest absolute Gasteiger partial charge is 0.330 e. The van der Waals surface area contributed by atoms with E-state index in [-0.39, 0.29) is 36.1 Å². The monoisotopic (exact) mass is 470 g/mol. The number of nitrogen functional groups attached to an aromatic ring is 1. The molecule has 0 saturated carbocycles. The quantitative estimate of drug-likeness (QED) is 0.523. The van der Waals surface area contributed by atoms with Crippen LogP contribution >= 0.6 is 11.6 Å². The third-order valence-corrected chi connectivity index (χ3v) is 5.47. The Morgan fingerprint density at radius 3 is 2.52 bits per heavy atom. The summed E-state index contributed by atoms with van der Waals surface area (Å²) in [5.74, 6) is -0.0357. The first kappa shape index (κ1) is 24.1. The van der Waals surface area contributed by atoms with E-state index in [0.29, 0.717) is 17.2 Å². The van der Waals surface area contributed by atoms with E-state index in [4.69, 9.17) is 22.1 Å². The topological polar surface area (TPSA) is 110 Å². The molecular weight excluding hydrogens is 444 g/mol. The van der Waals surface area contributed by atoms with Crippen LogP contribution in [0, 0.1) is 5.92 Å². The Balaban J connectivity index is 2.16. The molecule has 1 heterocycles. The first-order chi connectivity index (χ1) is 15.7. The van der Waals surface area contributed by atoms with Crippen molar-refractivity contribution in [3.05, 3.63) is 85.5 Å². The van der Waals surface area contributed by atoms with Crippen LogP contribution in [-0.2, 0) is 6.54 Å². The number of aromatic nitrogens is 2. The van der Waals surface area contributed by atoms with Crippen molar-refractivity contribution in [1.29, 1.82) is 0 Å². The van der Waals surface area contributed by atoms with Crippen molar-refractivity contribution in [2.24, 2.45) is 5.92 Å². The summed E-state index contributed by atoms with van der Waals surface area (Å²) in [5, 5.41) is 0.346. The molecule has 0 unspecified atom stereocenters. The van der Waals surface area contributed by atoms with Crippen LogP contribution in [0.2, 0.25) is 5.02 Å². The Labute approximate surface area is 196 Å². The van der Waals surface area contributed by atoms with E-state index in [1.807, 2.05) is 44.2 Å². The Kier molecular flexibility index (Phi) is 7.60. The molecular formula is C24H27ClN4O4. The van der Waals surface area contributed by atoms with E-state index in [1.165, 1.54) is 22.6 Å². The first-order valence-corrected chi connectivity index (χ1v) is 10.9. The summed E-state index contributed by atoms with van der Waals surface area (Å²) in [6, 6.07) is 13.9. The molecule has 0 aliphatic heterocycles. The molecule has 8 nitrogen and oxygen atoms in total. The summed E-state index contributed by atoms with van der Waals surface area (Å²) in [6.45, 7) is 4.37. The van der Waals surface area contributed by atoms with Gasteiger partial charge in [0.2, 0.25) is 0 Å². The van der Waals surface area contributed by atoms with Gasteiger partial charge in [-0.3, -0.25) is 19.1 Å². The lowest BCUT2D eigenvalue weighted by molar-refractivity contribution is 0.0982. The summed E-state index contributed by atoms with van der Waals surface area (Å²) in [6.07, 6.45) is 0.602. The van der Waals surface area contributed by atoms with Gasteiger partial charge in [-0.1, -0.05) is 55.8 Å². The molecule has 0 fully saturated rings. The number of hydrogen-bond donors (Lipinski definition) is 2. The molecule has 2 aromatic carbocycles. The number of halogens is 1. The minimum absolute atomic E-state index is 0.0850. The van der Waals surface area contributed by atoms with Crippen molar-refractivity contribution in [2.75, 3.05) is 24.3 Å². The van der Waals surface area contributed by atoms with Crippen LogP contribution in [0.4, 0.5) is 11.5 Å². The zero-order valence-corrected chi connectivity index (χ0v) is 19.6. The van der Waals surface area contributed by atoms with Crippen molar-refractivity contribution < 1.29 is 9.53 Å². The van der Waals surface area contributed by atoms with E-state index < -0.39 is 17.2 Å². The van der Waals surface area contributed by atoms with Gasteiger partial charge in [0.15, 0.2) is 5.69 Å². The molecule has 1 aromatic heterocycles. The number of ether oxygens (including phenoxy) is 1. The number of nitrogens with one attached hydrogen (secondary N) is 1. The van der Waals surface area contributed by atoms with Crippen molar-refractivity contribution in [3.63, 3.8) is 0 Å². The Morgan fingerprint density at radius 1 is 1.18 bits per heavy atom. The van der Waals surface area contributed by atoms with E-state index in [1.54, 1.807) is 12.1 Å². The fraction of sp³-hybridized carbons (Fsp3) is 0.292. The number of aromatic amines is 1. The number of rotatable bonds is 8. The van der Waals surface area contributed by atoms with Crippen LogP contribution in [0.1, 0.15) is 36.2 Å². The average molecular weight is 471 g/mol. The summed E-state index contributed by atoms with van der Waals surface area (Å²) < 4.78 is 6.58. The molecule has 0 aliphatic rings. The lowest BCUT2D eigenvalue weighted by Gasteiger charge is -2.26. The number of anilines is 2. The van der Waals surface area contributed by atoms with Crippen LogP contribution in [0.5, 0.6) is 5.75 Å². The predicted octanol–water partition coefficient (Wildman–Crippen LogP) is 3.52. The molecule has 0 atom stereocenters. The SMILES string of the molecule is COc1ccc(Cl)cc1C(=O)N(CCC(C)C)c1c(N)n(Cc2ccccc2)c(=O)[nH]c1=O. The zero-order chi connectivity index (χ0) is 24.1. The zero-order valence-electron chi connectivity index (χ0n) is 18.8. The molecule has 33 heavy (non-hydrogen) atoms. The van der Waals surface area contributed by atoms with Gasteiger partial charge in [0.25, 0.3) is 11.5 Å². The standard InChI is InChI=1S/C24H27ClN4O4/c1-15(2)11-12-28(23(31)18-13-17(25)9-10-19(18)33-3)20-21(26)29(24(32)27-22(20)30)14-16-7-5-4-6-8-16/h4-10,13,15H,11-12,14,26H2,1-3H3,(H,27,30,32). The number of benzene rings is 2. The number of carbonyl (C=O) groups excluding carboxylic acids is 1. The lowest BCUT2D eigenvalue weighted by Crippen LogP contribution is -2.42. The summed E-state index contributed by atoms with van der Waals surface area (Å²) >= 11 is 6.13. The third-order valence-electron chi connectivity index (χ3n) is 5.23. The highest BCUT2D eigenvalue weighted by molar-refractivity contribution is 6.31. The van der Waals surface area contributed by atoms with Crippen molar-refractivity contribution in [1.82, 2.24) is 9.55 Å². The van der Waals surface area contributed by atoms with Gasteiger partial charge >= 0.3 is 5.69 Å². The van der Waals surface area contributed by atoms with Gasteiger partial charge < -0.3 is 15.4 Å². The molecule has 0 saturated heterocycles. The molecule has 0 spiro atoms. The third kappa shape index (κ3) is 5.46. The van der Waals surface area contributed by atoms with Crippen LogP contribution in [0.3, 0.4) is 0 Å². The van der Waals surface area contributed by atoms with Gasteiger partial charge in [0.05, 0.1) is 19.2 Å². The molecule has 0 aliphatic carbocycles. The number of nitrogens with zero attached hydrogens (tertiary/aromatic N) is 2. The van der Waals surface area contributed by atoms with Gasteiger partial charge in [-0.05, 0) is 36.1 Å². The minimum Gasteiger partial charge on any atom is -0.496 e. The van der Waals surface area contributed by atoms with Crippen LogP contribution in [0.15, 0.2) is 58.1 Å². The fourth-order valence-electron chi connectivity index (χ4n) is 3.46. The summed E-state index contributed by atoms with van der Waals surface area (Å²) in [5.41, 5.74) is 5.88. The number of methoxy groups -OCH3 is 1. The Hall–Kier alpha value is -3.52. The molecule has 3 rings (SSSR count). The van der Waals surface area contributed by atoms with Gasteiger partial charge in [0, 0.05) is 11.6 Å². The number of H-pyrrole nitrogens is 1. The summed E-state index contributed by atoms with van der Waals surface area (Å²) in [4.78, 5) is 42.7. The molecule has 0 bridgehead atoms. The van der Waals surface area contributed by atoms with Crippen LogP contribution in [0.25, 0.3) is 0 Å². The second-order valence-electron chi connectivity index (χ2n) is 8.05.